The molecule has 1 unspecified atom stereocenters. The van der Waals surface area contributed by atoms with E-state index in [0.29, 0.717) is 12.2 Å². The molecule has 10 heteroatoms. The fourth-order valence-corrected chi connectivity index (χ4v) is 4.69. The largest absolute Gasteiger partial charge is 0.433 e. The molecule has 2 heterocycles. The molecule has 3 rings (SSSR count). The zero-order chi connectivity index (χ0) is 21.4. The molecule has 6 nitrogen and oxygen atoms in total. The van der Waals surface area contributed by atoms with Crippen molar-refractivity contribution in [3.05, 3.63) is 24.3 Å². The van der Waals surface area contributed by atoms with Crippen LogP contribution in [0.15, 0.2) is 29.3 Å². The van der Waals surface area contributed by atoms with E-state index in [4.69, 9.17) is 14.5 Å². The maximum Gasteiger partial charge on any atom is 0.387 e. The number of halogens is 3. The quantitative estimate of drug-likeness (QED) is 0.281. The van der Waals surface area contributed by atoms with Crippen molar-refractivity contribution in [1.82, 2.24) is 10.6 Å². The minimum Gasteiger partial charge on any atom is -0.433 e. The zero-order valence-corrected chi connectivity index (χ0v) is 21.3. The van der Waals surface area contributed by atoms with Crippen molar-refractivity contribution in [3.8, 4) is 5.75 Å². The van der Waals surface area contributed by atoms with Gasteiger partial charge in [-0.05, 0) is 44.6 Å². The average molecular weight is 570 g/mol. The lowest BCUT2D eigenvalue weighted by Gasteiger charge is -2.34. The number of nitrogens with zero attached hydrogens (tertiary/aromatic N) is 2. The topological polar surface area (TPSA) is 58.1 Å². The van der Waals surface area contributed by atoms with Gasteiger partial charge in [-0.1, -0.05) is 12.1 Å². The van der Waals surface area contributed by atoms with E-state index in [1.807, 2.05) is 23.9 Å². The monoisotopic (exact) mass is 570 g/mol. The lowest BCUT2D eigenvalue weighted by Crippen LogP contribution is -2.46. The van der Waals surface area contributed by atoms with E-state index in [-0.39, 0.29) is 40.5 Å². The van der Waals surface area contributed by atoms with Gasteiger partial charge in [0.15, 0.2) is 5.96 Å². The van der Waals surface area contributed by atoms with Crippen molar-refractivity contribution < 1.29 is 18.3 Å². The van der Waals surface area contributed by atoms with Crippen LogP contribution >= 0.6 is 35.7 Å². The fourth-order valence-electron chi connectivity index (χ4n) is 3.92. The van der Waals surface area contributed by atoms with Crippen LogP contribution in [0.4, 0.5) is 14.5 Å². The summed E-state index contributed by atoms with van der Waals surface area (Å²) in [4.78, 5) is 6.96. The van der Waals surface area contributed by atoms with Crippen LogP contribution in [0.2, 0.25) is 0 Å². The second-order valence-corrected chi connectivity index (χ2v) is 8.89. The minimum atomic E-state index is -2.83. The Balaban J connectivity index is 0.00000341. The first-order valence-electron chi connectivity index (χ1n) is 10.5. The first-order chi connectivity index (χ1) is 14.5. The number of guanidine groups is 1. The highest BCUT2D eigenvalue weighted by Crippen LogP contribution is 2.34. The number of thioether (sulfide) groups is 1. The number of hydrogen-bond donors (Lipinski definition) is 2. The second-order valence-electron chi connectivity index (χ2n) is 7.62. The lowest BCUT2D eigenvalue weighted by atomic mass is 9.99. The number of ether oxygens (including phenoxy) is 2. The highest BCUT2D eigenvalue weighted by molar-refractivity contribution is 14.0. The Labute approximate surface area is 204 Å². The number of para-hydroxylation sites is 2. The fraction of sp³-hybridized carbons (Fsp3) is 0.667. The predicted molar refractivity (Wildman–Crippen MR) is 135 cm³/mol. The van der Waals surface area contributed by atoms with Crippen LogP contribution in [-0.4, -0.2) is 69.0 Å². The molecular weight excluding hydrogens is 537 g/mol. The standard InChI is InChI=1S/C21H32F2N4O2S.HI/c1-3-24-20(25-15-21(30-2)9-12-28-13-10-21)26-16-8-11-27(14-16)17-6-4-5-7-18(17)29-19(22)23;/h4-7,16,19H,3,8-15H2,1-2H3,(H2,24,25,26);1H. The van der Waals surface area contributed by atoms with Crippen molar-refractivity contribution >= 4 is 47.4 Å². The second kappa shape index (κ2) is 12.9. The third-order valence-electron chi connectivity index (χ3n) is 5.66. The van der Waals surface area contributed by atoms with Crippen LogP contribution in [0.3, 0.4) is 0 Å². The van der Waals surface area contributed by atoms with E-state index in [1.165, 1.54) is 0 Å². The molecule has 176 valence electrons. The molecule has 1 aromatic rings. The Morgan fingerprint density at radius 3 is 2.77 bits per heavy atom. The highest BCUT2D eigenvalue weighted by Gasteiger charge is 2.32. The number of alkyl halides is 2. The number of benzene rings is 1. The molecule has 2 fully saturated rings. The molecule has 0 spiro atoms. The van der Waals surface area contributed by atoms with Crippen molar-refractivity contribution in [2.45, 2.75) is 43.6 Å². The molecule has 0 aliphatic carbocycles. The maximum atomic E-state index is 12.7. The van der Waals surface area contributed by atoms with Gasteiger partial charge in [0.25, 0.3) is 0 Å². The highest BCUT2D eigenvalue weighted by atomic mass is 127. The summed E-state index contributed by atoms with van der Waals surface area (Å²) in [5, 5.41) is 6.86. The Hall–Kier alpha value is -1.01. The van der Waals surface area contributed by atoms with Gasteiger partial charge in [0.1, 0.15) is 5.75 Å². The number of hydrogen-bond acceptors (Lipinski definition) is 5. The number of rotatable bonds is 8. The summed E-state index contributed by atoms with van der Waals surface area (Å²) in [6, 6.07) is 7.15. The molecule has 2 N–H and O–H groups in total. The average Bonchev–Trinajstić information content (AvgIpc) is 3.21. The van der Waals surface area contributed by atoms with Gasteiger partial charge < -0.3 is 25.0 Å². The molecule has 31 heavy (non-hydrogen) atoms. The third kappa shape index (κ3) is 7.52. The van der Waals surface area contributed by atoms with Gasteiger partial charge in [-0.3, -0.25) is 4.99 Å². The van der Waals surface area contributed by atoms with Crippen LogP contribution in [0.5, 0.6) is 5.75 Å². The van der Waals surface area contributed by atoms with E-state index in [2.05, 4.69) is 28.7 Å². The van der Waals surface area contributed by atoms with Crippen LogP contribution in [-0.2, 0) is 4.74 Å². The van der Waals surface area contributed by atoms with E-state index < -0.39 is 6.61 Å². The Bertz CT molecular complexity index is 708. The lowest BCUT2D eigenvalue weighted by molar-refractivity contribution is -0.0495. The summed E-state index contributed by atoms with van der Waals surface area (Å²) in [6.07, 6.45) is 5.06. The van der Waals surface area contributed by atoms with Gasteiger partial charge >= 0.3 is 6.61 Å². The van der Waals surface area contributed by atoms with Crippen LogP contribution in [0.1, 0.15) is 26.2 Å². The van der Waals surface area contributed by atoms with Crippen molar-refractivity contribution in [2.75, 3.05) is 50.5 Å². The van der Waals surface area contributed by atoms with E-state index >= 15 is 0 Å². The summed E-state index contributed by atoms with van der Waals surface area (Å²) in [5.74, 6) is 1.02. The normalized spacial score (nSPS) is 21.0. The maximum absolute atomic E-state index is 12.7. The van der Waals surface area contributed by atoms with E-state index in [1.54, 1.807) is 12.1 Å². The molecule has 0 aromatic heterocycles. The van der Waals surface area contributed by atoms with Crippen molar-refractivity contribution in [2.24, 2.45) is 4.99 Å². The van der Waals surface area contributed by atoms with E-state index in [0.717, 1.165) is 58.1 Å². The van der Waals surface area contributed by atoms with Crippen molar-refractivity contribution in [1.29, 1.82) is 0 Å². The summed E-state index contributed by atoms with van der Waals surface area (Å²) in [6.45, 7) is 3.80. The van der Waals surface area contributed by atoms with Crippen LogP contribution in [0.25, 0.3) is 0 Å². The smallest absolute Gasteiger partial charge is 0.387 e. The molecule has 2 saturated heterocycles. The molecule has 2 aliphatic rings. The summed E-state index contributed by atoms with van der Waals surface area (Å²) in [5.41, 5.74) is 0.701. The first-order valence-corrected chi connectivity index (χ1v) is 11.7. The molecule has 0 amide bonds. The van der Waals surface area contributed by atoms with Crippen LogP contribution in [0, 0.1) is 0 Å². The van der Waals surface area contributed by atoms with Gasteiger partial charge in [-0.15, -0.1) is 24.0 Å². The van der Waals surface area contributed by atoms with Gasteiger partial charge in [-0.2, -0.15) is 20.5 Å². The van der Waals surface area contributed by atoms with Gasteiger partial charge in [0.05, 0.1) is 12.2 Å². The van der Waals surface area contributed by atoms with Gasteiger partial charge in [-0.25, -0.2) is 0 Å². The molecule has 2 aliphatic heterocycles. The number of aliphatic imine (C=N–C) groups is 1. The number of nitrogens with one attached hydrogen (secondary N) is 2. The number of anilines is 1. The Morgan fingerprint density at radius 1 is 1.35 bits per heavy atom. The van der Waals surface area contributed by atoms with Gasteiger partial charge in [0, 0.05) is 43.6 Å². The SMILES string of the molecule is CCNC(=NCC1(SC)CCOCC1)NC1CCN(c2ccccc2OC(F)F)C1.I. The van der Waals surface area contributed by atoms with Crippen LogP contribution < -0.4 is 20.3 Å². The van der Waals surface area contributed by atoms with E-state index in [9.17, 15) is 8.78 Å². The summed E-state index contributed by atoms with van der Waals surface area (Å²) < 4.78 is 35.8. The third-order valence-corrected chi connectivity index (χ3v) is 7.06. The molecule has 0 saturated carbocycles. The molecule has 1 aromatic carbocycles. The summed E-state index contributed by atoms with van der Waals surface area (Å²) >= 11 is 1.87. The Morgan fingerprint density at radius 2 is 2.10 bits per heavy atom. The van der Waals surface area contributed by atoms with Crippen molar-refractivity contribution in [3.63, 3.8) is 0 Å². The minimum absolute atomic E-state index is 0. The predicted octanol–water partition coefficient (Wildman–Crippen LogP) is 3.95. The first kappa shape index (κ1) is 26.2. The van der Waals surface area contributed by atoms with Gasteiger partial charge in [0.2, 0.25) is 0 Å². The summed E-state index contributed by atoms with van der Waals surface area (Å²) in [7, 11) is 0. The Kier molecular flexibility index (Phi) is 10.9. The molecular formula is C21H33F2IN4O2S. The zero-order valence-electron chi connectivity index (χ0n) is 18.1. The molecule has 1 atom stereocenters. The molecule has 0 bridgehead atoms. The molecule has 0 radical (unpaired) electrons.